The van der Waals surface area contributed by atoms with Crippen molar-refractivity contribution in [3.05, 3.63) is 63.6 Å². The van der Waals surface area contributed by atoms with Gasteiger partial charge in [0.05, 0.1) is 6.42 Å². The number of hydrogen-bond donors (Lipinski definition) is 1. The van der Waals surface area contributed by atoms with Crippen LogP contribution in [-0.2, 0) is 20.7 Å². The highest BCUT2D eigenvalue weighted by Gasteiger charge is 2.19. The molecular weight excluding hydrogens is 349 g/mol. The van der Waals surface area contributed by atoms with Gasteiger partial charge in [-0.1, -0.05) is 47.5 Å². The Kier molecular flexibility index (Phi) is 6.23. The quantitative estimate of drug-likeness (QED) is 0.798. The van der Waals surface area contributed by atoms with Gasteiger partial charge in [0.1, 0.15) is 0 Å². The number of hydrogen-bond acceptors (Lipinski definition) is 3. The van der Waals surface area contributed by atoms with E-state index in [0.717, 1.165) is 5.56 Å². The van der Waals surface area contributed by atoms with Crippen molar-refractivity contribution in [3.63, 3.8) is 0 Å². The van der Waals surface area contributed by atoms with Crippen molar-refractivity contribution < 1.29 is 14.3 Å². The number of ether oxygens (including phenoxy) is 1. The number of nitrogens with one attached hydrogen (secondary N) is 1. The summed E-state index contributed by atoms with van der Waals surface area (Å²) in [5.41, 5.74) is 2.10. The monoisotopic (exact) mass is 365 g/mol. The van der Waals surface area contributed by atoms with E-state index in [1.165, 1.54) is 6.92 Å². The molecule has 2 rings (SSSR count). The third-order valence-electron chi connectivity index (χ3n) is 3.43. The molecule has 6 heteroatoms. The average molecular weight is 366 g/mol. The molecule has 1 atom stereocenters. The first kappa shape index (κ1) is 18.3. The number of aryl methyl sites for hydroxylation is 1. The number of anilines is 1. The highest BCUT2D eigenvalue weighted by Crippen LogP contribution is 2.21. The van der Waals surface area contributed by atoms with Gasteiger partial charge in [-0.25, -0.2) is 0 Å². The predicted molar refractivity (Wildman–Crippen MR) is 95.5 cm³/mol. The number of rotatable bonds is 5. The molecule has 0 aliphatic rings. The normalized spacial score (nSPS) is 11.7. The van der Waals surface area contributed by atoms with E-state index in [9.17, 15) is 9.59 Å². The van der Waals surface area contributed by atoms with E-state index in [2.05, 4.69) is 5.32 Å². The van der Waals surface area contributed by atoms with E-state index in [1.54, 1.807) is 42.5 Å². The predicted octanol–water partition coefficient (Wildman–Crippen LogP) is 4.41. The average Bonchev–Trinajstić information content (AvgIpc) is 2.53. The van der Waals surface area contributed by atoms with Crippen LogP contribution in [0.5, 0.6) is 0 Å². The van der Waals surface area contributed by atoms with Crippen molar-refractivity contribution in [1.82, 2.24) is 0 Å². The molecule has 126 valence electrons. The Morgan fingerprint density at radius 3 is 2.58 bits per heavy atom. The first-order valence-electron chi connectivity index (χ1n) is 7.36. The van der Waals surface area contributed by atoms with Gasteiger partial charge in [0.15, 0.2) is 6.10 Å². The Balaban J connectivity index is 1.95. The van der Waals surface area contributed by atoms with Crippen molar-refractivity contribution in [2.45, 2.75) is 26.4 Å². The van der Waals surface area contributed by atoms with E-state index in [1.807, 2.05) is 6.92 Å². The van der Waals surface area contributed by atoms with Gasteiger partial charge in [-0.2, -0.15) is 0 Å². The standard InChI is InChI=1S/C18H17Cl2NO3/c1-11-7-8-14(19)10-16(11)21-18(23)12(2)24-17(22)9-13-5-3-4-6-15(13)20/h3-8,10,12H,9H2,1-2H3,(H,21,23)/t12-/m0/s1. The molecule has 0 spiro atoms. The molecule has 0 aliphatic carbocycles. The highest BCUT2D eigenvalue weighted by molar-refractivity contribution is 6.31. The molecule has 0 aliphatic heterocycles. The molecule has 0 heterocycles. The zero-order valence-corrected chi connectivity index (χ0v) is 14.8. The number of amides is 1. The van der Waals surface area contributed by atoms with Crippen LogP contribution in [0.2, 0.25) is 10.0 Å². The Hall–Kier alpha value is -2.04. The Labute approximate surface area is 150 Å². The van der Waals surface area contributed by atoms with Crippen LogP contribution in [0.1, 0.15) is 18.1 Å². The summed E-state index contributed by atoms with van der Waals surface area (Å²) < 4.78 is 5.17. The fraction of sp³-hybridized carbons (Fsp3) is 0.222. The van der Waals surface area contributed by atoms with Crippen molar-refractivity contribution in [1.29, 1.82) is 0 Å². The third-order valence-corrected chi connectivity index (χ3v) is 4.03. The summed E-state index contributed by atoms with van der Waals surface area (Å²) in [7, 11) is 0. The lowest BCUT2D eigenvalue weighted by Crippen LogP contribution is -2.30. The SMILES string of the molecule is Cc1ccc(Cl)cc1NC(=O)[C@H](C)OC(=O)Cc1ccccc1Cl. The number of halogens is 2. The minimum absolute atomic E-state index is 0.00743. The second-order valence-corrected chi connectivity index (χ2v) is 6.19. The molecule has 0 saturated carbocycles. The van der Waals surface area contributed by atoms with E-state index in [0.29, 0.717) is 21.3 Å². The van der Waals surface area contributed by atoms with Crippen LogP contribution in [0, 0.1) is 6.92 Å². The van der Waals surface area contributed by atoms with Crippen LogP contribution in [0.3, 0.4) is 0 Å². The van der Waals surface area contributed by atoms with Crippen LogP contribution in [0.4, 0.5) is 5.69 Å². The van der Waals surface area contributed by atoms with Gasteiger partial charge in [-0.05, 0) is 43.2 Å². The molecule has 4 nitrogen and oxygen atoms in total. The molecule has 0 fully saturated rings. The summed E-state index contributed by atoms with van der Waals surface area (Å²) in [4.78, 5) is 24.1. The van der Waals surface area contributed by atoms with Gasteiger partial charge >= 0.3 is 5.97 Å². The summed E-state index contributed by atoms with van der Waals surface area (Å²) >= 11 is 11.9. The van der Waals surface area contributed by atoms with E-state index in [-0.39, 0.29) is 6.42 Å². The molecule has 0 aromatic heterocycles. The fourth-order valence-corrected chi connectivity index (χ4v) is 2.43. The van der Waals surface area contributed by atoms with Crippen molar-refractivity contribution in [3.8, 4) is 0 Å². The van der Waals surface area contributed by atoms with Gasteiger partial charge < -0.3 is 10.1 Å². The maximum absolute atomic E-state index is 12.2. The maximum Gasteiger partial charge on any atom is 0.311 e. The molecule has 2 aromatic rings. The minimum atomic E-state index is -0.932. The molecule has 2 aromatic carbocycles. The summed E-state index contributed by atoms with van der Waals surface area (Å²) in [5, 5.41) is 3.71. The third kappa shape index (κ3) is 4.98. The van der Waals surface area contributed by atoms with E-state index < -0.39 is 18.0 Å². The van der Waals surface area contributed by atoms with Crippen molar-refractivity contribution in [2.75, 3.05) is 5.32 Å². The van der Waals surface area contributed by atoms with Gasteiger partial charge in [0.25, 0.3) is 5.91 Å². The lowest BCUT2D eigenvalue weighted by atomic mass is 10.1. The molecule has 1 N–H and O–H groups in total. The van der Waals surface area contributed by atoms with Crippen LogP contribution < -0.4 is 5.32 Å². The van der Waals surface area contributed by atoms with Gasteiger partial charge in [-0.3, -0.25) is 9.59 Å². The molecule has 1 amide bonds. The minimum Gasteiger partial charge on any atom is -0.452 e. The van der Waals surface area contributed by atoms with E-state index >= 15 is 0 Å². The van der Waals surface area contributed by atoms with E-state index in [4.69, 9.17) is 27.9 Å². The van der Waals surface area contributed by atoms with Crippen LogP contribution in [0.15, 0.2) is 42.5 Å². The smallest absolute Gasteiger partial charge is 0.311 e. The zero-order valence-electron chi connectivity index (χ0n) is 13.3. The van der Waals surface area contributed by atoms with Crippen molar-refractivity contribution >= 4 is 40.8 Å². The molecule has 24 heavy (non-hydrogen) atoms. The van der Waals surface area contributed by atoms with Gasteiger partial charge in [0.2, 0.25) is 0 Å². The van der Waals surface area contributed by atoms with Gasteiger partial charge in [0, 0.05) is 15.7 Å². The molecule has 0 unspecified atom stereocenters. The number of esters is 1. The van der Waals surface area contributed by atoms with Crippen LogP contribution in [0.25, 0.3) is 0 Å². The Morgan fingerprint density at radius 1 is 1.17 bits per heavy atom. The number of benzene rings is 2. The number of carbonyl (C=O) groups is 2. The Bertz CT molecular complexity index is 762. The van der Waals surface area contributed by atoms with Gasteiger partial charge in [-0.15, -0.1) is 0 Å². The number of carbonyl (C=O) groups excluding carboxylic acids is 2. The fourth-order valence-electron chi connectivity index (χ4n) is 2.05. The second kappa shape index (κ2) is 8.18. The summed E-state index contributed by atoms with van der Waals surface area (Å²) in [6, 6.07) is 12.2. The Morgan fingerprint density at radius 2 is 1.88 bits per heavy atom. The zero-order chi connectivity index (χ0) is 17.7. The lowest BCUT2D eigenvalue weighted by molar-refractivity contribution is -0.152. The summed E-state index contributed by atoms with van der Waals surface area (Å²) in [5.74, 6) is -0.943. The summed E-state index contributed by atoms with van der Waals surface area (Å²) in [6.45, 7) is 3.36. The topological polar surface area (TPSA) is 55.4 Å². The second-order valence-electron chi connectivity index (χ2n) is 5.35. The van der Waals surface area contributed by atoms with Crippen LogP contribution >= 0.6 is 23.2 Å². The maximum atomic E-state index is 12.2. The molecule has 0 saturated heterocycles. The van der Waals surface area contributed by atoms with Crippen molar-refractivity contribution in [2.24, 2.45) is 0 Å². The first-order chi connectivity index (χ1) is 11.4. The largest absolute Gasteiger partial charge is 0.452 e. The molecule has 0 bridgehead atoms. The van der Waals surface area contributed by atoms with Crippen LogP contribution in [-0.4, -0.2) is 18.0 Å². The molecular formula is C18H17Cl2NO3. The lowest BCUT2D eigenvalue weighted by Gasteiger charge is -2.15. The summed E-state index contributed by atoms with van der Waals surface area (Å²) in [6.07, 6.45) is -0.925. The molecule has 0 radical (unpaired) electrons. The highest BCUT2D eigenvalue weighted by atomic mass is 35.5. The first-order valence-corrected chi connectivity index (χ1v) is 8.12.